The summed E-state index contributed by atoms with van der Waals surface area (Å²) in [4.78, 5) is 18.9. The summed E-state index contributed by atoms with van der Waals surface area (Å²) in [5.74, 6) is 0.0253. The van der Waals surface area contributed by atoms with Crippen LogP contribution in [0.4, 0.5) is 5.69 Å². The number of aromatic nitrogens is 1. The Bertz CT molecular complexity index is 818. The molecule has 0 saturated heterocycles. The molecule has 0 fully saturated rings. The number of para-hydroxylation sites is 1. The molecule has 0 unspecified atom stereocenters. The van der Waals surface area contributed by atoms with E-state index in [2.05, 4.69) is 34.4 Å². The van der Waals surface area contributed by atoms with Gasteiger partial charge in [-0.15, -0.1) is 11.3 Å². The average molecular weight is 366 g/mol. The first-order valence-corrected chi connectivity index (χ1v) is 9.63. The topological polar surface area (TPSA) is 45.2 Å². The van der Waals surface area contributed by atoms with Crippen LogP contribution in [-0.4, -0.2) is 31.0 Å². The molecule has 134 valence electrons. The highest BCUT2D eigenvalue weighted by Gasteiger charge is 2.09. The van der Waals surface area contributed by atoms with Gasteiger partial charge in [0.1, 0.15) is 5.01 Å². The van der Waals surface area contributed by atoms with Crippen LogP contribution in [0.15, 0.2) is 66.0 Å². The molecule has 0 spiro atoms. The second-order valence-corrected chi connectivity index (χ2v) is 7.01. The van der Waals surface area contributed by atoms with E-state index in [4.69, 9.17) is 0 Å². The number of anilines is 1. The molecule has 3 rings (SSSR count). The third kappa shape index (κ3) is 5.17. The van der Waals surface area contributed by atoms with Crippen LogP contribution in [0.3, 0.4) is 0 Å². The molecule has 1 N–H and O–H groups in total. The Morgan fingerprint density at radius 1 is 1.08 bits per heavy atom. The number of nitrogens with one attached hydrogen (secondary N) is 1. The molecule has 0 atom stereocenters. The summed E-state index contributed by atoms with van der Waals surface area (Å²) in [7, 11) is 2.07. The molecule has 1 aromatic heterocycles. The minimum atomic E-state index is 0.0253. The predicted octanol–water partition coefficient (Wildman–Crippen LogP) is 4.00. The molecule has 26 heavy (non-hydrogen) atoms. The van der Waals surface area contributed by atoms with Gasteiger partial charge in [0, 0.05) is 36.8 Å². The number of carbonyl (C=O) groups excluding carboxylic acids is 1. The molecule has 4 nitrogen and oxygen atoms in total. The minimum absolute atomic E-state index is 0.0253. The molecule has 0 saturated carbocycles. The first-order chi connectivity index (χ1) is 12.7. The van der Waals surface area contributed by atoms with E-state index < -0.39 is 0 Å². The van der Waals surface area contributed by atoms with Gasteiger partial charge in [0.15, 0.2) is 0 Å². The number of amides is 1. The molecular formula is C21H23N3OS. The largest absolute Gasteiger partial charge is 0.375 e. The Morgan fingerprint density at radius 2 is 1.77 bits per heavy atom. The monoisotopic (exact) mass is 365 g/mol. The highest BCUT2D eigenvalue weighted by Crippen LogP contribution is 2.23. The quantitative estimate of drug-likeness (QED) is 0.614. The number of rotatable bonds is 8. The van der Waals surface area contributed by atoms with Crippen molar-refractivity contribution in [1.82, 2.24) is 10.3 Å². The Morgan fingerprint density at radius 3 is 2.50 bits per heavy atom. The molecule has 0 radical (unpaired) electrons. The molecular weight excluding hydrogens is 342 g/mol. The first-order valence-electron chi connectivity index (χ1n) is 8.75. The minimum Gasteiger partial charge on any atom is -0.375 e. The lowest BCUT2D eigenvalue weighted by Crippen LogP contribution is -2.29. The Kier molecular flexibility index (Phi) is 6.39. The summed E-state index contributed by atoms with van der Waals surface area (Å²) in [6.07, 6.45) is 1.24. The zero-order valence-corrected chi connectivity index (χ0v) is 15.7. The number of nitrogens with zero attached hydrogens (tertiary/aromatic N) is 2. The molecule has 1 amide bonds. The summed E-state index contributed by atoms with van der Waals surface area (Å²) in [6.45, 7) is 1.57. The fourth-order valence-corrected chi connectivity index (χ4v) is 3.51. The highest BCUT2D eigenvalue weighted by atomic mass is 32.1. The number of carbonyl (C=O) groups is 1. The van der Waals surface area contributed by atoms with Gasteiger partial charge in [-0.1, -0.05) is 48.5 Å². The fourth-order valence-electron chi connectivity index (χ4n) is 2.68. The van der Waals surface area contributed by atoms with E-state index in [9.17, 15) is 4.79 Å². The third-order valence-electron chi connectivity index (χ3n) is 4.10. The zero-order chi connectivity index (χ0) is 18.2. The molecule has 5 heteroatoms. The summed E-state index contributed by atoms with van der Waals surface area (Å²) >= 11 is 1.58. The number of hydrogen-bond donors (Lipinski definition) is 1. The molecule has 2 aromatic carbocycles. The van der Waals surface area contributed by atoms with Crippen LogP contribution in [0.5, 0.6) is 0 Å². The molecule has 0 aliphatic carbocycles. The maximum absolute atomic E-state index is 12.1. The van der Waals surface area contributed by atoms with E-state index in [0.717, 1.165) is 29.2 Å². The lowest BCUT2D eigenvalue weighted by atomic mass is 10.2. The molecule has 1 heterocycles. The van der Waals surface area contributed by atoms with Gasteiger partial charge in [0.25, 0.3) is 0 Å². The lowest BCUT2D eigenvalue weighted by molar-refractivity contribution is -0.120. The number of thiazole rings is 1. The van der Waals surface area contributed by atoms with Crippen molar-refractivity contribution in [2.24, 2.45) is 0 Å². The van der Waals surface area contributed by atoms with E-state index >= 15 is 0 Å². The smallest absolute Gasteiger partial charge is 0.226 e. The van der Waals surface area contributed by atoms with Crippen LogP contribution in [0.1, 0.15) is 12.1 Å². The molecule has 3 aromatic rings. The van der Waals surface area contributed by atoms with E-state index in [0.29, 0.717) is 13.0 Å². The van der Waals surface area contributed by atoms with Crippen molar-refractivity contribution in [3.8, 4) is 10.6 Å². The SMILES string of the molecule is CN(CCCNC(=O)Cc1csc(-c2ccccc2)n1)c1ccccc1. The van der Waals surface area contributed by atoms with E-state index in [1.54, 1.807) is 11.3 Å². The number of benzene rings is 2. The summed E-state index contributed by atoms with van der Waals surface area (Å²) < 4.78 is 0. The van der Waals surface area contributed by atoms with E-state index in [1.807, 2.05) is 53.9 Å². The molecule has 0 aliphatic rings. The second-order valence-electron chi connectivity index (χ2n) is 6.15. The summed E-state index contributed by atoms with van der Waals surface area (Å²) in [6, 6.07) is 20.3. The Hall–Kier alpha value is -2.66. The van der Waals surface area contributed by atoms with Crippen LogP contribution >= 0.6 is 11.3 Å². The van der Waals surface area contributed by atoms with Gasteiger partial charge in [-0.25, -0.2) is 4.98 Å². The highest BCUT2D eigenvalue weighted by molar-refractivity contribution is 7.13. The maximum Gasteiger partial charge on any atom is 0.226 e. The van der Waals surface area contributed by atoms with Crippen molar-refractivity contribution in [1.29, 1.82) is 0 Å². The zero-order valence-electron chi connectivity index (χ0n) is 14.9. The van der Waals surface area contributed by atoms with Gasteiger partial charge in [-0.3, -0.25) is 4.79 Å². The van der Waals surface area contributed by atoms with Crippen molar-refractivity contribution in [2.75, 3.05) is 25.0 Å². The van der Waals surface area contributed by atoms with Crippen LogP contribution < -0.4 is 10.2 Å². The maximum atomic E-state index is 12.1. The van der Waals surface area contributed by atoms with E-state index in [-0.39, 0.29) is 5.91 Å². The predicted molar refractivity (Wildman–Crippen MR) is 109 cm³/mol. The van der Waals surface area contributed by atoms with Gasteiger partial charge in [-0.05, 0) is 18.6 Å². The normalized spacial score (nSPS) is 10.5. The van der Waals surface area contributed by atoms with Gasteiger partial charge in [0.2, 0.25) is 5.91 Å². The van der Waals surface area contributed by atoms with E-state index in [1.165, 1.54) is 5.69 Å². The van der Waals surface area contributed by atoms with Gasteiger partial charge < -0.3 is 10.2 Å². The van der Waals surface area contributed by atoms with Crippen LogP contribution in [0.2, 0.25) is 0 Å². The standard InChI is InChI=1S/C21H23N3OS/c1-24(19-11-6-3-7-12-19)14-8-13-22-20(25)15-18-16-26-21(23-18)17-9-4-2-5-10-17/h2-7,9-12,16H,8,13-15H2,1H3,(H,22,25). The van der Waals surface area contributed by atoms with Crippen LogP contribution in [-0.2, 0) is 11.2 Å². The van der Waals surface area contributed by atoms with Crippen LogP contribution in [0.25, 0.3) is 10.6 Å². The third-order valence-corrected chi connectivity index (χ3v) is 5.04. The van der Waals surface area contributed by atoms with Crippen LogP contribution in [0, 0.1) is 0 Å². The average Bonchev–Trinajstić information content (AvgIpc) is 3.15. The Balaban J connectivity index is 1.40. The number of hydrogen-bond acceptors (Lipinski definition) is 4. The summed E-state index contributed by atoms with van der Waals surface area (Å²) in [5, 5.41) is 5.91. The fraction of sp³-hybridized carbons (Fsp3) is 0.238. The lowest BCUT2D eigenvalue weighted by Gasteiger charge is -2.19. The van der Waals surface area contributed by atoms with Gasteiger partial charge in [-0.2, -0.15) is 0 Å². The van der Waals surface area contributed by atoms with Crippen molar-refractivity contribution < 1.29 is 4.79 Å². The van der Waals surface area contributed by atoms with Crippen molar-refractivity contribution in [3.05, 3.63) is 71.7 Å². The first kappa shape index (κ1) is 18.1. The van der Waals surface area contributed by atoms with Crippen molar-refractivity contribution >= 4 is 22.9 Å². The second kappa shape index (κ2) is 9.15. The summed E-state index contributed by atoms with van der Waals surface area (Å²) in [5.41, 5.74) is 3.11. The van der Waals surface area contributed by atoms with Crippen molar-refractivity contribution in [2.45, 2.75) is 12.8 Å². The Labute approximate surface area is 158 Å². The molecule has 0 aliphatic heterocycles. The molecule has 0 bridgehead atoms. The van der Waals surface area contributed by atoms with Gasteiger partial charge in [0.05, 0.1) is 12.1 Å². The van der Waals surface area contributed by atoms with Gasteiger partial charge >= 0.3 is 0 Å². The van der Waals surface area contributed by atoms with Crippen molar-refractivity contribution in [3.63, 3.8) is 0 Å².